The van der Waals surface area contributed by atoms with Crippen LogP contribution >= 0.6 is 0 Å². The lowest BCUT2D eigenvalue weighted by molar-refractivity contribution is -0.144. The third kappa shape index (κ3) is 1.06. The molecule has 0 aromatic rings. The molecular weight excluding hydrogens is 136 g/mol. The van der Waals surface area contributed by atoms with Gasteiger partial charge in [-0.2, -0.15) is 0 Å². The molecule has 0 bridgehead atoms. The highest BCUT2D eigenvalue weighted by Crippen LogP contribution is 2.11. The Balaban J connectivity index is 2.71. The third-order valence-corrected chi connectivity index (χ3v) is 1.02. The van der Waals surface area contributed by atoms with Crippen LogP contribution in [-0.4, -0.2) is 23.1 Å². The van der Waals surface area contributed by atoms with Crippen LogP contribution in [0.25, 0.3) is 0 Å². The van der Waals surface area contributed by atoms with Gasteiger partial charge in [-0.1, -0.05) is 0 Å². The predicted molar refractivity (Wildman–Crippen MR) is 30.9 cm³/mol. The second-order valence-corrected chi connectivity index (χ2v) is 1.70. The molecule has 1 unspecified atom stereocenters. The van der Waals surface area contributed by atoms with Crippen molar-refractivity contribution in [3.8, 4) is 0 Å². The van der Waals surface area contributed by atoms with Gasteiger partial charge < -0.3 is 9.84 Å². The van der Waals surface area contributed by atoms with Gasteiger partial charge in [-0.15, -0.1) is 0 Å². The molecule has 0 aromatic heterocycles. The molecule has 0 spiro atoms. The average Bonchev–Trinajstić information content (AvgIpc) is 2.34. The van der Waals surface area contributed by atoms with Crippen LogP contribution in [0.3, 0.4) is 0 Å². The zero-order valence-corrected chi connectivity index (χ0v) is 4.90. The van der Waals surface area contributed by atoms with Gasteiger partial charge in [-0.25, -0.2) is 9.59 Å². The van der Waals surface area contributed by atoms with Crippen molar-refractivity contribution in [1.29, 1.82) is 0 Å². The average molecular weight is 140 g/mol. The number of ether oxygens (including phenoxy) is 1. The number of hydrogen-bond acceptors (Lipinski definition) is 3. The molecule has 0 fully saturated rings. The number of hydrogen-bond donors (Lipinski definition) is 1. The standard InChI is InChI=1S/C6H4O4/c7-3-4-1-2-5(10-4)6(8)9/h1-2,5H,(H,8,9). The van der Waals surface area contributed by atoms with Gasteiger partial charge in [-0.3, -0.25) is 0 Å². The summed E-state index contributed by atoms with van der Waals surface area (Å²) in [4.78, 5) is 20.0. The summed E-state index contributed by atoms with van der Waals surface area (Å²) in [7, 11) is 0. The van der Waals surface area contributed by atoms with Crippen LogP contribution in [0.5, 0.6) is 0 Å². The lowest BCUT2D eigenvalue weighted by atomic mass is 10.3. The van der Waals surface area contributed by atoms with Crippen LogP contribution in [-0.2, 0) is 14.3 Å². The first-order chi connectivity index (χ1) is 4.74. The van der Waals surface area contributed by atoms with Crippen molar-refractivity contribution in [3.63, 3.8) is 0 Å². The van der Waals surface area contributed by atoms with E-state index < -0.39 is 12.1 Å². The van der Waals surface area contributed by atoms with E-state index in [0.29, 0.717) is 0 Å². The highest BCUT2D eigenvalue weighted by molar-refractivity contribution is 5.76. The Morgan fingerprint density at radius 1 is 1.80 bits per heavy atom. The summed E-state index contributed by atoms with van der Waals surface area (Å²) in [6.07, 6.45) is 1.55. The van der Waals surface area contributed by atoms with Gasteiger partial charge in [0.05, 0.1) is 0 Å². The van der Waals surface area contributed by atoms with Crippen molar-refractivity contribution in [1.82, 2.24) is 0 Å². The van der Waals surface area contributed by atoms with Crippen LogP contribution < -0.4 is 0 Å². The summed E-state index contributed by atoms with van der Waals surface area (Å²) in [5.74, 6) is 0.271. The summed E-state index contributed by atoms with van der Waals surface area (Å²) in [5.41, 5.74) is 0. The van der Waals surface area contributed by atoms with E-state index in [2.05, 4.69) is 4.74 Å². The SMILES string of the molecule is O=C=C1C=CC(C(=O)O)O1. The second kappa shape index (κ2) is 2.37. The maximum absolute atomic E-state index is 10.1. The third-order valence-electron chi connectivity index (χ3n) is 1.02. The first kappa shape index (κ1) is 6.58. The maximum Gasteiger partial charge on any atom is 0.349 e. The molecule has 1 aliphatic heterocycles. The van der Waals surface area contributed by atoms with Crippen LogP contribution in [0.2, 0.25) is 0 Å². The van der Waals surface area contributed by atoms with E-state index in [0.717, 1.165) is 0 Å². The van der Waals surface area contributed by atoms with E-state index in [9.17, 15) is 9.59 Å². The maximum atomic E-state index is 10.1. The molecule has 1 aliphatic rings. The Morgan fingerprint density at radius 2 is 2.50 bits per heavy atom. The van der Waals surface area contributed by atoms with Gasteiger partial charge in [0.1, 0.15) is 0 Å². The topological polar surface area (TPSA) is 63.6 Å². The summed E-state index contributed by atoms with van der Waals surface area (Å²) in [5, 5.41) is 8.31. The van der Waals surface area contributed by atoms with Crippen LogP contribution in [0.15, 0.2) is 17.9 Å². The van der Waals surface area contributed by atoms with Gasteiger partial charge in [0, 0.05) is 0 Å². The summed E-state index contributed by atoms with van der Waals surface area (Å²) in [6.45, 7) is 0. The van der Waals surface area contributed by atoms with E-state index in [1.807, 2.05) is 0 Å². The van der Waals surface area contributed by atoms with E-state index in [1.54, 1.807) is 0 Å². The molecule has 0 amide bonds. The van der Waals surface area contributed by atoms with E-state index in [1.165, 1.54) is 18.1 Å². The number of carboxylic acids is 1. The highest BCUT2D eigenvalue weighted by Gasteiger charge is 2.21. The van der Waals surface area contributed by atoms with Gasteiger partial charge in [0.25, 0.3) is 0 Å². The first-order valence-electron chi connectivity index (χ1n) is 2.57. The second-order valence-electron chi connectivity index (χ2n) is 1.70. The Hall–Kier alpha value is -1.54. The zero-order chi connectivity index (χ0) is 7.56. The summed E-state index contributed by atoms with van der Waals surface area (Å²) in [6, 6.07) is 0. The lowest BCUT2D eigenvalue weighted by Crippen LogP contribution is -2.16. The predicted octanol–water partition coefficient (Wildman–Crippen LogP) is -0.259. The minimum Gasteiger partial charge on any atom is -0.478 e. The first-order valence-corrected chi connectivity index (χ1v) is 2.57. The molecule has 4 heteroatoms. The largest absolute Gasteiger partial charge is 0.478 e. The van der Waals surface area contributed by atoms with Gasteiger partial charge in [-0.05, 0) is 12.2 Å². The van der Waals surface area contributed by atoms with E-state index in [4.69, 9.17) is 5.11 Å². The molecule has 1 rings (SSSR count). The van der Waals surface area contributed by atoms with Crippen molar-refractivity contribution in [3.05, 3.63) is 17.9 Å². The van der Waals surface area contributed by atoms with Crippen molar-refractivity contribution >= 4 is 11.9 Å². The number of rotatable bonds is 1. The minimum atomic E-state index is -1.11. The number of carbonyl (C=O) groups excluding carboxylic acids is 1. The van der Waals surface area contributed by atoms with Crippen molar-refractivity contribution < 1.29 is 19.4 Å². The molecule has 1 heterocycles. The van der Waals surface area contributed by atoms with Gasteiger partial charge >= 0.3 is 5.97 Å². The fraction of sp³-hybridized carbons (Fsp3) is 0.167. The lowest BCUT2D eigenvalue weighted by Gasteiger charge is -2.00. The Morgan fingerprint density at radius 3 is 2.80 bits per heavy atom. The number of carboxylic acid groups (broad SMARTS) is 1. The zero-order valence-electron chi connectivity index (χ0n) is 4.90. The van der Waals surface area contributed by atoms with Gasteiger partial charge in [0.2, 0.25) is 11.9 Å². The van der Waals surface area contributed by atoms with E-state index >= 15 is 0 Å². The fourth-order valence-corrected chi connectivity index (χ4v) is 0.581. The molecule has 52 valence electrons. The minimum absolute atomic E-state index is 0.0626. The smallest absolute Gasteiger partial charge is 0.349 e. The molecule has 0 saturated heterocycles. The van der Waals surface area contributed by atoms with Crippen molar-refractivity contribution in [2.75, 3.05) is 0 Å². The van der Waals surface area contributed by atoms with Crippen LogP contribution in [0.1, 0.15) is 0 Å². The molecule has 1 atom stereocenters. The van der Waals surface area contributed by atoms with Crippen molar-refractivity contribution in [2.24, 2.45) is 0 Å². The summed E-state index contributed by atoms with van der Waals surface area (Å²) >= 11 is 0. The molecule has 10 heavy (non-hydrogen) atoms. The molecule has 0 aromatic carbocycles. The quantitative estimate of drug-likeness (QED) is 0.510. The summed E-state index contributed by atoms with van der Waals surface area (Å²) < 4.78 is 4.55. The van der Waals surface area contributed by atoms with E-state index in [-0.39, 0.29) is 5.76 Å². The Labute approximate surface area is 56.4 Å². The molecule has 0 radical (unpaired) electrons. The monoisotopic (exact) mass is 140 g/mol. The highest BCUT2D eigenvalue weighted by atomic mass is 16.5. The van der Waals surface area contributed by atoms with Crippen LogP contribution in [0.4, 0.5) is 0 Å². The number of allylic oxidation sites excluding steroid dienone is 1. The molecule has 4 nitrogen and oxygen atoms in total. The number of aliphatic carboxylic acids is 1. The molecule has 1 N–H and O–H groups in total. The van der Waals surface area contributed by atoms with Gasteiger partial charge in [0.15, 0.2) is 5.94 Å². The fourth-order valence-electron chi connectivity index (χ4n) is 0.581. The van der Waals surface area contributed by atoms with Crippen LogP contribution in [0, 0.1) is 0 Å². The Kier molecular flexibility index (Phi) is 1.56. The Bertz CT molecular complexity index is 234. The molecular formula is C6H4O4. The molecule has 0 aliphatic carbocycles. The molecule has 0 saturated carbocycles. The normalized spacial score (nSPS) is 22.0. The van der Waals surface area contributed by atoms with Crippen molar-refractivity contribution in [2.45, 2.75) is 6.10 Å². The number of carbonyl (C=O) groups is 1.